The lowest BCUT2D eigenvalue weighted by molar-refractivity contribution is -0.163. The summed E-state index contributed by atoms with van der Waals surface area (Å²) in [5.74, 6) is -0.521. The molecule has 1 heterocycles. The molecule has 1 aliphatic heterocycles. The highest BCUT2D eigenvalue weighted by Crippen LogP contribution is 2.43. The van der Waals surface area contributed by atoms with E-state index in [1.165, 1.54) is 6.92 Å². The predicted molar refractivity (Wildman–Crippen MR) is 133 cm³/mol. The van der Waals surface area contributed by atoms with E-state index in [0.717, 1.165) is 12.7 Å². The van der Waals surface area contributed by atoms with Crippen LogP contribution in [0, 0.1) is 11.8 Å². The molecule has 2 aliphatic rings. The van der Waals surface area contributed by atoms with Gasteiger partial charge in [-0.25, -0.2) is 4.79 Å². The number of esters is 1. The van der Waals surface area contributed by atoms with Crippen LogP contribution in [0.4, 0.5) is 4.79 Å². The molecule has 34 heavy (non-hydrogen) atoms. The van der Waals surface area contributed by atoms with Crippen molar-refractivity contribution < 1.29 is 33.0 Å². The van der Waals surface area contributed by atoms with Gasteiger partial charge in [0.2, 0.25) is 0 Å². The molecule has 0 radical (unpaired) electrons. The van der Waals surface area contributed by atoms with Crippen LogP contribution in [-0.2, 0) is 28.2 Å². The number of halogens is 1. The van der Waals surface area contributed by atoms with Crippen molar-refractivity contribution in [1.29, 1.82) is 0 Å². The molecule has 0 spiro atoms. The number of ether oxygens (including phenoxy) is 3. The van der Waals surface area contributed by atoms with Crippen LogP contribution < -0.4 is 0 Å². The topological polar surface area (TPSA) is 88.1 Å². The van der Waals surface area contributed by atoms with Gasteiger partial charge in [-0.15, -0.1) is 0 Å². The number of carbonyl (C=O) groups is 3. The Hall–Kier alpha value is -1.64. The number of rotatable bonds is 5. The lowest BCUT2D eigenvalue weighted by Crippen LogP contribution is -2.44. The summed E-state index contributed by atoms with van der Waals surface area (Å²) >= 11 is 6.80. The van der Waals surface area contributed by atoms with Crippen molar-refractivity contribution in [2.75, 3.05) is 0 Å². The second-order valence-corrected chi connectivity index (χ2v) is 16.0. The first-order valence-corrected chi connectivity index (χ1v) is 15.2. The zero-order valence-corrected chi connectivity index (χ0v) is 23.1. The molecule has 0 saturated heterocycles. The fourth-order valence-corrected chi connectivity index (χ4v) is 5.73. The van der Waals surface area contributed by atoms with Gasteiger partial charge in [0.25, 0.3) is 6.29 Å². The molecule has 0 unspecified atom stereocenters. The van der Waals surface area contributed by atoms with Crippen LogP contribution in [0.5, 0.6) is 0 Å². The maximum atomic E-state index is 12.5. The van der Waals surface area contributed by atoms with E-state index < -0.39 is 32.8 Å². The summed E-state index contributed by atoms with van der Waals surface area (Å²) in [6.07, 6.45) is 4.43. The highest BCUT2D eigenvalue weighted by molar-refractivity contribution is 6.74. The van der Waals surface area contributed by atoms with Crippen molar-refractivity contribution in [3.8, 4) is 0 Å². The van der Waals surface area contributed by atoms with E-state index in [1.807, 2.05) is 6.08 Å². The van der Waals surface area contributed by atoms with E-state index >= 15 is 0 Å². The Kier molecular flexibility index (Phi) is 9.98. The molecule has 1 saturated carbocycles. The molecular weight excluding hydrogens is 476 g/mol. The third kappa shape index (κ3) is 7.95. The van der Waals surface area contributed by atoms with Gasteiger partial charge in [-0.1, -0.05) is 44.5 Å². The van der Waals surface area contributed by atoms with Gasteiger partial charge in [0.15, 0.2) is 8.32 Å². The molecule has 0 aromatic carbocycles. The van der Waals surface area contributed by atoms with Crippen molar-refractivity contribution in [3.05, 3.63) is 22.8 Å². The summed E-state index contributed by atoms with van der Waals surface area (Å²) in [7, 11) is -2.12. The minimum atomic E-state index is -2.12. The van der Waals surface area contributed by atoms with Crippen LogP contribution in [0.2, 0.25) is 18.1 Å². The number of allylic oxidation sites excluding steroid dienone is 2. The lowest BCUT2D eigenvalue weighted by Gasteiger charge is -2.40. The average Bonchev–Trinajstić information content (AvgIpc) is 3.05. The molecule has 0 N–H and O–H groups in total. The monoisotopic (exact) mass is 514 g/mol. The second-order valence-electron chi connectivity index (χ2n) is 10.8. The second kappa shape index (κ2) is 11.9. The number of hydrogen-bond acceptors (Lipinski definition) is 7. The van der Waals surface area contributed by atoms with Gasteiger partial charge >= 0.3 is 12.1 Å². The van der Waals surface area contributed by atoms with Crippen LogP contribution in [-0.4, -0.2) is 45.2 Å². The Bertz CT molecular complexity index is 815. The van der Waals surface area contributed by atoms with E-state index in [1.54, 1.807) is 13.0 Å². The first-order valence-electron chi connectivity index (χ1n) is 11.9. The summed E-state index contributed by atoms with van der Waals surface area (Å²) in [5.41, 5.74) is 0.542. The van der Waals surface area contributed by atoms with E-state index in [2.05, 4.69) is 33.9 Å². The van der Waals surface area contributed by atoms with Gasteiger partial charge in [-0.3, -0.25) is 4.79 Å². The zero-order chi connectivity index (χ0) is 25.7. The van der Waals surface area contributed by atoms with E-state index in [0.29, 0.717) is 29.9 Å². The highest BCUT2D eigenvalue weighted by Gasteiger charge is 2.43. The quantitative estimate of drug-likeness (QED) is 0.185. The van der Waals surface area contributed by atoms with Gasteiger partial charge < -0.3 is 23.4 Å². The molecule has 2 rings (SSSR count). The summed E-state index contributed by atoms with van der Waals surface area (Å²) in [6, 6.07) is 0. The Balaban J connectivity index is 2.41. The summed E-state index contributed by atoms with van der Waals surface area (Å²) in [6.45, 7) is 13.9. The molecule has 1 fully saturated rings. The molecule has 0 aromatic heterocycles. The van der Waals surface area contributed by atoms with Gasteiger partial charge in [0, 0.05) is 29.9 Å². The molecule has 0 aromatic rings. The molecule has 7 nitrogen and oxygen atoms in total. The van der Waals surface area contributed by atoms with Crippen LogP contribution in [0.3, 0.4) is 0 Å². The average molecular weight is 515 g/mol. The number of fused-ring (bicyclic) bond motifs is 2. The third-order valence-corrected chi connectivity index (χ3v) is 12.0. The van der Waals surface area contributed by atoms with Crippen molar-refractivity contribution in [1.82, 2.24) is 0 Å². The largest absolute Gasteiger partial charge is 0.511 e. The van der Waals surface area contributed by atoms with Crippen molar-refractivity contribution in [2.45, 2.75) is 103 Å². The molecular formula is C25H39ClO7Si. The molecule has 1 aliphatic carbocycles. The van der Waals surface area contributed by atoms with Crippen LogP contribution in [0.1, 0.15) is 66.7 Å². The maximum Gasteiger partial charge on any atom is 0.511 e. The summed E-state index contributed by atoms with van der Waals surface area (Å²) < 4.78 is 22.8. The molecule has 2 bridgehead atoms. The Morgan fingerprint density at radius 2 is 1.88 bits per heavy atom. The third-order valence-electron chi connectivity index (χ3n) is 7.07. The lowest BCUT2D eigenvalue weighted by atomic mass is 9.97. The minimum absolute atomic E-state index is 0.0160. The maximum absolute atomic E-state index is 12.5. The zero-order valence-electron chi connectivity index (χ0n) is 21.4. The SMILES string of the molecule is CC(=O)O[C@@H]1OC(=O)O[C@@H]2C[C@H](C[C@@H]2CC=O)C[C@@H](O[Si](C)(C)C(C)(C)C)/C(Cl)=C\C/C=C\1C. The van der Waals surface area contributed by atoms with Crippen LogP contribution in [0.25, 0.3) is 0 Å². The van der Waals surface area contributed by atoms with Gasteiger partial charge in [0.1, 0.15) is 12.4 Å². The van der Waals surface area contributed by atoms with E-state index in [9.17, 15) is 14.4 Å². The minimum Gasteiger partial charge on any atom is -0.431 e. The van der Waals surface area contributed by atoms with E-state index in [-0.39, 0.29) is 29.4 Å². The van der Waals surface area contributed by atoms with Gasteiger partial charge in [-0.05, 0) is 56.7 Å². The fourth-order valence-electron chi connectivity index (χ4n) is 4.14. The Morgan fingerprint density at radius 3 is 2.47 bits per heavy atom. The van der Waals surface area contributed by atoms with Crippen LogP contribution in [0.15, 0.2) is 22.8 Å². The number of carbonyl (C=O) groups excluding carboxylic acids is 3. The predicted octanol–water partition coefficient (Wildman–Crippen LogP) is 6.27. The van der Waals surface area contributed by atoms with Gasteiger partial charge in [0.05, 0.1) is 6.10 Å². The normalized spacial score (nSPS) is 32.2. The number of cyclic esters (lactones) is 1. The van der Waals surface area contributed by atoms with Crippen molar-refractivity contribution >= 4 is 38.3 Å². The molecule has 192 valence electrons. The molecule has 9 heteroatoms. The van der Waals surface area contributed by atoms with E-state index in [4.69, 9.17) is 30.2 Å². The smallest absolute Gasteiger partial charge is 0.431 e. The molecule has 5 atom stereocenters. The van der Waals surface area contributed by atoms with Crippen LogP contribution >= 0.6 is 11.6 Å². The van der Waals surface area contributed by atoms with Crippen molar-refractivity contribution in [2.24, 2.45) is 11.8 Å². The highest BCUT2D eigenvalue weighted by atomic mass is 35.5. The molecule has 0 amide bonds. The Morgan fingerprint density at radius 1 is 1.21 bits per heavy atom. The Labute approximate surface area is 209 Å². The number of aldehydes is 1. The first-order chi connectivity index (χ1) is 15.7. The standard InChI is InChI=1S/C25H39ClO7Si/c1-16-9-8-10-20(26)22(33-34(6,7)25(3,4)5)15-18-13-19(11-12-27)21(14-18)31-24(29)32-23(16)30-17(2)28/h9-10,12,18-19,21-23H,8,11,13-15H2,1-7H3/b16-9-,20-10+/t18-,19-,21+,22+,23+/m0/s1. The summed E-state index contributed by atoms with van der Waals surface area (Å²) in [4.78, 5) is 35.4. The van der Waals surface area contributed by atoms with Crippen molar-refractivity contribution in [3.63, 3.8) is 0 Å². The first kappa shape index (κ1) is 28.6. The number of hydrogen-bond donors (Lipinski definition) is 0. The van der Waals surface area contributed by atoms with Gasteiger partial charge in [-0.2, -0.15) is 0 Å². The summed E-state index contributed by atoms with van der Waals surface area (Å²) in [5, 5.41) is 0.644. The fraction of sp³-hybridized carbons (Fsp3) is 0.720.